The second-order valence-corrected chi connectivity index (χ2v) is 14.3. The van der Waals surface area contributed by atoms with Crippen molar-refractivity contribution in [3.8, 4) is 46.9 Å². The highest BCUT2D eigenvalue weighted by Gasteiger charge is 2.16. The van der Waals surface area contributed by atoms with Gasteiger partial charge in [-0.2, -0.15) is 41.8 Å². The maximum atomic E-state index is 13.2. The predicted molar refractivity (Wildman–Crippen MR) is 236 cm³/mol. The normalized spacial score (nSPS) is 10.3. The van der Waals surface area contributed by atoms with E-state index in [1.165, 1.54) is 25.1 Å². The highest BCUT2D eigenvalue weighted by molar-refractivity contribution is 7.86. The minimum absolute atomic E-state index is 0. The van der Waals surface area contributed by atoms with Crippen LogP contribution in [-0.4, -0.2) is 91.3 Å². The van der Waals surface area contributed by atoms with Crippen molar-refractivity contribution in [2.45, 2.75) is 33.1 Å². The summed E-state index contributed by atoms with van der Waals surface area (Å²) in [6.07, 6.45) is 27.4. The number of aryl methyl sites for hydroxylation is 3. The minimum atomic E-state index is -4.08. The van der Waals surface area contributed by atoms with Gasteiger partial charge in [-0.3, -0.25) is 24.3 Å². The monoisotopic (exact) mass is 940 g/mol. The van der Waals surface area contributed by atoms with Gasteiger partial charge >= 0.3 is 0 Å². The van der Waals surface area contributed by atoms with Gasteiger partial charge in [0.1, 0.15) is 5.82 Å². The van der Waals surface area contributed by atoms with E-state index < -0.39 is 33.1 Å². The summed E-state index contributed by atoms with van der Waals surface area (Å²) in [5.41, 5.74) is 4.03. The van der Waals surface area contributed by atoms with Crippen molar-refractivity contribution in [2.24, 2.45) is 0 Å². The average molecular weight is 941 g/mol. The minimum Gasteiger partial charge on any atom is -0.479 e. The Hall–Kier alpha value is -8.76. The van der Waals surface area contributed by atoms with Crippen LogP contribution in [0.1, 0.15) is 29.9 Å². The average Bonchev–Trinajstić information content (AvgIpc) is 3.93. The van der Waals surface area contributed by atoms with Crippen molar-refractivity contribution in [3.05, 3.63) is 155 Å². The fraction of sp³-hybridized carbons (Fsp3) is 0.143. The van der Waals surface area contributed by atoms with Crippen molar-refractivity contribution in [3.63, 3.8) is 0 Å². The number of terminal acetylenes is 1. The number of nitrogens with two attached hydrogens (primary N) is 1. The number of H-pyrrole nitrogens is 1. The number of fused-ring (bicyclic) bond motifs is 2. The lowest BCUT2D eigenvalue weighted by Crippen LogP contribution is -2.43. The molecule has 0 bridgehead atoms. The van der Waals surface area contributed by atoms with Crippen LogP contribution in [0.2, 0.25) is 0 Å². The van der Waals surface area contributed by atoms with Crippen LogP contribution in [0.5, 0.6) is 11.8 Å². The number of nitrogen functional groups attached to an aromatic ring is 1. The molecule has 21 nitrogen and oxygen atoms in total. The summed E-state index contributed by atoms with van der Waals surface area (Å²) in [4.78, 5) is 44.1. The summed E-state index contributed by atoms with van der Waals surface area (Å²) in [5, 5.41) is 8.20. The van der Waals surface area contributed by atoms with E-state index in [1.54, 1.807) is 103 Å². The summed E-state index contributed by atoms with van der Waals surface area (Å²) in [5.74, 6) is 5.76. The highest BCUT2D eigenvalue weighted by atomic mass is 32.2. The fourth-order valence-corrected chi connectivity index (χ4v) is 6.56. The first-order valence-electron chi connectivity index (χ1n) is 18.6. The zero-order valence-corrected chi connectivity index (χ0v) is 36.1. The maximum Gasteiger partial charge on any atom is 0.295 e. The van der Waals surface area contributed by atoms with Crippen LogP contribution in [-0.2, 0) is 10.1 Å². The molecule has 0 saturated heterocycles. The molecular weight excluding hydrogens is 900 g/mol. The van der Waals surface area contributed by atoms with Crippen LogP contribution < -0.4 is 25.6 Å². The Morgan fingerprint density at radius 1 is 0.746 bits per heavy atom. The van der Waals surface area contributed by atoms with Gasteiger partial charge < -0.3 is 14.5 Å². The van der Waals surface area contributed by atoms with Gasteiger partial charge in [-0.05, 0) is 37.8 Å². The number of nitrogens with one attached hydrogen (secondary N) is 1. The van der Waals surface area contributed by atoms with Gasteiger partial charge in [-0.15, -0.1) is 6.42 Å². The molecule has 0 amide bonds. The third-order valence-corrected chi connectivity index (χ3v) is 9.51. The lowest BCUT2D eigenvalue weighted by Gasteiger charge is -2.07. The smallest absolute Gasteiger partial charge is 0.295 e. The molecule has 9 aromatic rings. The van der Waals surface area contributed by atoms with Crippen molar-refractivity contribution in [1.82, 2.24) is 64.1 Å². The van der Waals surface area contributed by atoms with E-state index in [0.29, 0.717) is 33.6 Å². The number of rotatable bonds is 5. The SMILES string of the molecule is C.C#Cc1ncc(F)c(OC)n1.COc1nc(-c2cnn3ccncc23)ncc1F.Cc1cc(C)c(S(=O)(=O)O)c(C)c1.N[n+]1ccncc1.O=c1[nH]c(-c2cnn3ccncc23)ncc1F. The van der Waals surface area contributed by atoms with Crippen LogP contribution >= 0.6 is 0 Å². The standard InChI is InChI=1S/C11H8FN5O.C10H6FN5O.C9H12O3S.C7H5FN2O.C4H6N3.CH4/c1-18-11-8(12)5-14-10(16-11)7-4-15-17-3-2-13-6-9(7)17;11-7-4-13-9(15-10(7)17)6-3-14-16-2-1-12-5-8(6)16;1-6-4-7(2)9(8(3)5-6)13(10,11)12;1-3-6-9-4-5(8)7(10-6)11-2;5-7-3-1-6-2-4-7;/h2-6H,1H3;1-5H,(H,13,15,17);4-5H,1-3H3,(H,10,11,12);1,4H,2H3;1-4H,(H2,5,6);1H4/q;;;;+1;. The molecule has 0 radical (unpaired) electrons. The van der Waals surface area contributed by atoms with Gasteiger partial charge in [0.15, 0.2) is 5.82 Å². The zero-order chi connectivity index (χ0) is 48.0. The lowest BCUT2D eigenvalue weighted by atomic mass is 10.1. The molecule has 0 unspecified atom stereocenters. The van der Waals surface area contributed by atoms with E-state index >= 15 is 0 Å². The van der Waals surface area contributed by atoms with Gasteiger partial charge in [0.05, 0.1) is 97.0 Å². The number of hydrogen-bond donors (Lipinski definition) is 3. The molecule has 346 valence electrons. The Kier molecular flexibility index (Phi) is 17.7. The Morgan fingerprint density at radius 3 is 1.78 bits per heavy atom. The summed E-state index contributed by atoms with van der Waals surface area (Å²) >= 11 is 0. The summed E-state index contributed by atoms with van der Waals surface area (Å²) in [7, 11) is -1.42. The molecular formula is C42H41F3N15O6S+. The van der Waals surface area contributed by atoms with Gasteiger partial charge in [0.2, 0.25) is 35.7 Å². The highest BCUT2D eigenvalue weighted by Crippen LogP contribution is 2.24. The molecule has 1 aromatic carbocycles. The Labute approximate surface area is 380 Å². The number of benzene rings is 1. The number of halogens is 3. The number of hydrogen-bond acceptors (Lipinski definition) is 16. The van der Waals surface area contributed by atoms with E-state index in [0.717, 1.165) is 29.7 Å². The zero-order valence-electron chi connectivity index (χ0n) is 35.3. The van der Waals surface area contributed by atoms with Crippen LogP contribution in [0.15, 0.2) is 115 Å². The number of methoxy groups -OCH3 is 2. The van der Waals surface area contributed by atoms with Gasteiger partial charge in [0, 0.05) is 24.8 Å². The number of aromatic nitrogens is 14. The predicted octanol–water partition coefficient (Wildman–Crippen LogP) is 4.14. The largest absolute Gasteiger partial charge is 0.479 e. The third-order valence-electron chi connectivity index (χ3n) is 8.35. The van der Waals surface area contributed by atoms with E-state index in [1.807, 2.05) is 6.92 Å². The molecule has 0 saturated carbocycles. The first-order valence-corrected chi connectivity index (χ1v) is 20.0. The fourth-order valence-electron chi connectivity index (χ4n) is 5.63. The van der Waals surface area contributed by atoms with E-state index in [2.05, 4.69) is 65.7 Å². The van der Waals surface area contributed by atoms with Crippen LogP contribution in [0.25, 0.3) is 33.8 Å². The topological polar surface area (TPSA) is 273 Å². The lowest BCUT2D eigenvalue weighted by molar-refractivity contribution is -0.639. The van der Waals surface area contributed by atoms with Gasteiger partial charge in [-0.1, -0.05) is 29.8 Å². The van der Waals surface area contributed by atoms with Crippen LogP contribution in [0, 0.1) is 50.6 Å². The number of ether oxygens (including phenoxy) is 2. The Bertz CT molecular complexity index is 3290. The third kappa shape index (κ3) is 13.4. The molecule has 8 heterocycles. The molecule has 9 rings (SSSR count). The molecule has 0 aliphatic rings. The molecule has 4 N–H and O–H groups in total. The Balaban J connectivity index is 0.000000188. The van der Waals surface area contributed by atoms with Crippen molar-refractivity contribution in [1.29, 1.82) is 0 Å². The van der Waals surface area contributed by atoms with Crippen molar-refractivity contribution in [2.75, 3.05) is 20.1 Å². The molecule has 0 fully saturated rings. The quantitative estimate of drug-likeness (QED) is 0.0947. The van der Waals surface area contributed by atoms with Crippen molar-refractivity contribution >= 4 is 21.2 Å². The molecule has 0 atom stereocenters. The summed E-state index contributed by atoms with van der Waals surface area (Å²) < 4.78 is 83.5. The molecule has 25 heteroatoms. The first-order chi connectivity index (χ1) is 31.5. The molecule has 8 aromatic heterocycles. The van der Waals surface area contributed by atoms with Crippen molar-refractivity contribution < 1.29 is 40.3 Å². The number of aromatic amines is 1. The molecule has 0 aliphatic carbocycles. The van der Waals surface area contributed by atoms with E-state index in [-0.39, 0.29) is 35.7 Å². The van der Waals surface area contributed by atoms with E-state index in [9.17, 15) is 26.4 Å². The van der Waals surface area contributed by atoms with Crippen LogP contribution in [0.4, 0.5) is 13.2 Å². The number of nitrogens with zero attached hydrogens (tertiary/aromatic N) is 13. The second-order valence-electron chi connectivity index (χ2n) is 13.0. The molecule has 0 aliphatic heterocycles. The first kappa shape index (κ1) is 50.9. The van der Waals surface area contributed by atoms with Gasteiger partial charge in [-0.25, -0.2) is 29.8 Å². The molecule has 0 spiro atoms. The Morgan fingerprint density at radius 2 is 1.27 bits per heavy atom. The molecule has 67 heavy (non-hydrogen) atoms. The summed E-state index contributed by atoms with van der Waals surface area (Å²) in [6, 6.07) is 3.46. The van der Waals surface area contributed by atoms with Crippen LogP contribution in [0.3, 0.4) is 0 Å². The maximum absolute atomic E-state index is 13.2. The van der Waals surface area contributed by atoms with E-state index in [4.69, 9.17) is 21.6 Å². The summed E-state index contributed by atoms with van der Waals surface area (Å²) in [6.45, 7) is 5.22. The second kappa shape index (κ2) is 23.3. The van der Waals surface area contributed by atoms with Gasteiger partial charge in [0.25, 0.3) is 27.4 Å².